The van der Waals surface area contributed by atoms with Crippen LogP contribution in [0.4, 0.5) is 14.5 Å². The Morgan fingerprint density at radius 1 is 1.13 bits per heavy atom. The Morgan fingerprint density at radius 2 is 1.83 bits per heavy atom. The molecule has 0 fully saturated rings. The molecule has 0 saturated heterocycles. The maximum absolute atomic E-state index is 13.2. The third kappa shape index (κ3) is 5.74. The minimum Gasteiger partial charge on any atom is -0.482 e. The van der Waals surface area contributed by atoms with Crippen LogP contribution in [0.2, 0.25) is 0 Å². The van der Waals surface area contributed by atoms with Gasteiger partial charge in [0.25, 0.3) is 12.3 Å². The molecule has 30 heavy (non-hydrogen) atoms. The lowest BCUT2D eigenvalue weighted by atomic mass is 10.1. The third-order valence-corrected chi connectivity index (χ3v) is 5.26. The van der Waals surface area contributed by atoms with Gasteiger partial charge in [0.1, 0.15) is 11.8 Å². The summed E-state index contributed by atoms with van der Waals surface area (Å²) in [5.74, 6) is 0.556. The van der Waals surface area contributed by atoms with E-state index in [4.69, 9.17) is 4.74 Å². The minimum absolute atomic E-state index is 0.00525. The van der Waals surface area contributed by atoms with Gasteiger partial charge >= 0.3 is 0 Å². The number of benzene rings is 2. The van der Waals surface area contributed by atoms with E-state index >= 15 is 0 Å². The molecule has 1 atom stereocenters. The van der Waals surface area contributed by atoms with Crippen LogP contribution in [0.25, 0.3) is 0 Å². The van der Waals surface area contributed by atoms with Crippen LogP contribution in [0.1, 0.15) is 17.2 Å². The number of carbonyl (C=O) groups is 1. The van der Waals surface area contributed by atoms with Crippen molar-refractivity contribution in [3.05, 3.63) is 59.7 Å². The Morgan fingerprint density at radius 3 is 2.50 bits per heavy atom. The molecule has 162 valence electrons. The van der Waals surface area contributed by atoms with E-state index in [1.807, 2.05) is 29.0 Å². The van der Waals surface area contributed by atoms with Gasteiger partial charge in [0.05, 0.1) is 11.9 Å². The molecule has 1 aliphatic rings. The number of carbonyl (C=O) groups excluding carboxylic acids is 1. The van der Waals surface area contributed by atoms with Crippen molar-refractivity contribution in [2.75, 3.05) is 30.9 Å². The molecule has 1 aliphatic heterocycles. The summed E-state index contributed by atoms with van der Waals surface area (Å²) in [5.41, 5.74) is 1.77. The molecule has 0 saturated carbocycles. The van der Waals surface area contributed by atoms with Crippen molar-refractivity contribution in [1.29, 1.82) is 0 Å². The van der Waals surface area contributed by atoms with E-state index in [1.165, 1.54) is 12.1 Å². The van der Waals surface area contributed by atoms with E-state index in [0.29, 0.717) is 25.4 Å². The Labute approximate surface area is 174 Å². The molecular formula is C20H23F2N3O4S. The second-order valence-electron chi connectivity index (χ2n) is 6.92. The van der Waals surface area contributed by atoms with E-state index in [2.05, 4.69) is 5.32 Å². The van der Waals surface area contributed by atoms with E-state index < -0.39 is 22.5 Å². The lowest BCUT2D eigenvalue weighted by Gasteiger charge is -2.29. The number of amides is 1. The fourth-order valence-corrected chi connectivity index (χ4v) is 3.86. The smallest absolute Gasteiger partial charge is 0.265 e. The standard InChI is InChI=1S/C20H23F2N3O4S/c1-30(27,28)24-19(20(21)22)15-8-6-14(7-9-15)12-23-10-11-25-16-4-2-3-5-17(16)29-13-18(25)26/h2-9,19-20,23-24H,10-13H2,1H3/t19-/m0/s1. The van der Waals surface area contributed by atoms with Crippen molar-refractivity contribution in [3.8, 4) is 5.75 Å². The van der Waals surface area contributed by atoms with Crippen LogP contribution in [-0.2, 0) is 21.4 Å². The molecule has 2 N–H and O–H groups in total. The highest BCUT2D eigenvalue weighted by molar-refractivity contribution is 7.88. The number of hydrogen-bond donors (Lipinski definition) is 2. The highest BCUT2D eigenvalue weighted by Crippen LogP contribution is 2.31. The van der Waals surface area contributed by atoms with Crippen molar-refractivity contribution in [3.63, 3.8) is 0 Å². The zero-order valence-corrected chi connectivity index (χ0v) is 17.2. The fraction of sp³-hybridized carbons (Fsp3) is 0.350. The summed E-state index contributed by atoms with van der Waals surface area (Å²) in [6.45, 7) is 1.46. The fourth-order valence-electron chi connectivity index (χ4n) is 3.16. The van der Waals surface area contributed by atoms with Gasteiger partial charge in [0.2, 0.25) is 10.0 Å². The first-order valence-corrected chi connectivity index (χ1v) is 11.2. The quantitative estimate of drug-likeness (QED) is 0.584. The van der Waals surface area contributed by atoms with Gasteiger partial charge in [-0.2, -0.15) is 0 Å². The van der Waals surface area contributed by atoms with E-state index in [9.17, 15) is 22.0 Å². The van der Waals surface area contributed by atoms with Gasteiger partial charge in [-0.15, -0.1) is 0 Å². The molecule has 0 spiro atoms. The first kappa shape index (κ1) is 22.1. The van der Waals surface area contributed by atoms with Crippen LogP contribution in [0.15, 0.2) is 48.5 Å². The second kappa shape index (κ2) is 9.50. The number of rotatable bonds is 9. The first-order valence-electron chi connectivity index (χ1n) is 9.32. The number of fused-ring (bicyclic) bond motifs is 1. The predicted molar refractivity (Wildman–Crippen MR) is 109 cm³/mol. The number of hydrogen-bond acceptors (Lipinski definition) is 5. The average Bonchev–Trinajstić information content (AvgIpc) is 2.70. The van der Waals surface area contributed by atoms with Crippen molar-refractivity contribution in [2.45, 2.75) is 19.0 Å². The van der Waals surface area contributed by atoms with Crippen molar-refractivity contribution < 1.29 is 26.7 Å². The van der Waals surface area contributed by atoms with Crippen molar-refractivity contribution in [2.24, 2.45) is 0 Å². The Balaban J connectivity index is 1.54. The van der Waals surface area contributed by atoms with Gasteiger partial charge in [0, 0.05) is 19.6 Å². The SMILES string of the molecule is CS(=O)(=O)N[C@@H](c1ccc(CNCCN2C(=O)COc3ccccc32)cc1)C(F)F. The largest absolute Gasteiger partial charge is 0.482 e. The van der Waals surface area contributed by atoms with Gasteiger partial charge in [-0.25, -0.2) is 21.9 Å². The van der Waals surface area contributed by atoms with Gasteiger partial charge in [-0.3, -0.25) is 4.79 Å². The highest BCUT2D eigenvalue weighted by Gasteiger charge is 2.26. The number of para-hydroxylation sites is 2. The molecule has 0 unspecified atom stereocenters. The predicted octanol–water partition coefficient (Wildman–Crippen LogP) is 2.06. The first-order chi connectivity index (χ1) is 14.2. The van der Waals surface area contributed by atoms with Crippen LogP contribution in [0, 0.1) is 0 Å². The molecule has 7 nitrogen and oxygen atoms in total. The minimum atomic E-state index is -3.76. The van der Waals surface area contributed by atoms with Crippen LogP contribution in [-0.4, -0.2) is 46.7 Å². The number of alkyl halides is 2. The number of anilines is 1. The number of nitrogens with one attached hydrogen (secondary N) is 2. The van der Waals surface area contributed by atoms with E-state index in [1.54, 1.807) is 17.0 Å². The van der Waals surface area contributed by atoms with E-state index in [-0.39, 0.29) is 18.1 Å². The maximum atomic E-state index is 13.2. The Hall–Kier alpha value is -2.56. The third-order valence-electron chi connectivity index (χ3n) is 4.58. The normalized spacial score (nSPS) is 15.1. The van der Waals surface area contributed by atoms with Gasteiger partial charge in [-0.1, -0.05) is 36.4 Å². The zero-order valence-electron chi connectivity index (χ0n) is 16.3. The Bertz CT molecular complexity index is 984. The summed E-state index contributed by atoms with van der Waals surface area (Å²) in [5, 5.41) is 3.22. The van der Waals surface area contributed by atoms with Gasteiger partial charge in [-0.05, 0) is 23.3 Å². The molecule has 0 bridgehead atoms. The Kier molecular flexibility index (Phi) is 7.01. The van der Waals surface area contributed by atoms with Crippen molar-refractivity contribution >= 4 is 21.6 Å². The maximum Gasteiger partial charge on any atom is 0.265 e. The number of halogens is 2. The van der Waals surface area contributed by atoms with Crippen molar-refractivity contribution in [1.82, 2.24) is 10.0 Å². The number of ether oxygens (including phenoxy) is 1. The van der Waals surface area contributed by atoms with Crippen LogP contribution in [0.5, 0.6) is 5.75 Å². The average molecular weight is 439 g/mol. The lowest BCUT2D eigenvalue weighted by molar-refractivity contribution is -0.121. The molecule has 3 rings (SSSR count). The van der Waals surface area contributed by atoms with Crippen LogP contribution >= 0.6 is 0 Å². The van der Waals surface area contributed by atoms with Gasteiger partial charge < -0.3 is 15.0 Å². The lowest BCUT2D eigenvalue weighted by Crippen LogP contribution is -2.42. The number of sulfonamides is 1. The molecule has 0 aromatic heterocycles. The molecule has 2 aromatic carbocycles. The summed E-state index contributed by atoms with van der Waals surface area (Å²) in [6, 6.07) is 12.0. The van der Waals surface area contributed by atoms with Crippen LogP contribution in [0.3, 0.4) is 0 Å². The molecular weight excluding hydrogens is 416 g/mol. The summed E-state index contributed by atoms with van der Waals surface area (Å²) < 4.78 is 56.4. The molecule has 10 heteroatoms. The summed E-state index contributed by atoms with van der Waals surface area (Å²) in [7, 11) is -3.76. The second-order valence-corrected chi connectivity index (χ2v) is 8.70. The molecule has 0 radical (unpaired) electrons. The molecule has 1 amide bonds. The number of nitrogens with zero attached hydrogens (tertiary/aromatic N) is 1. The highest BCUT2D eigenvalue weighted by atomic mass is 32.2. The monoisotopic (exact) mass is 439 g/mol. The topological polar surface area (TPSA) is 87.7 Å². The molecule has 1 heterocycles. The zero-order chi connectivity index (χ0) is 21.7. The molecule has 2 aromatic rings. The summed E-state index contributed by atoms with van der Waals surface area (Å²) in [4.78, 5) is 13.8. The summed E-state index contributed by atoms with van der Waals surface area (Å²) >= 11 is 0. The molecule has 0 aliphatic carbocycles. The van der Waals surface area contributed by atoms with Crippen LogP contribution < -0.4 is 19.7 Å². The van der Waals surface area contributed by atoms with Gasteiger partial charge in [0.15, 0.2) is 6.61 Å². The van der Waals surface area contributed by atoms with E-state index in [0.717, 1.165) is 17.5 Å². The summed E-state index contributed by atoms with van der Waals surface area (Å²) in [6.07, 6.45) is -2.02.